The smallest absolute Gasteiger partial charge is 0.308 e. The van der Waals surface area contributed by atoms with Crippen LogP contribution in [0.15, 0.2) is 12.5 Å². The molecule has 0 bridgehead atoms. The van der Waals surface area contributed by atoms with Gasteiger partial charge in [0.2, 0.25) is 0 Å². The molecular weight excluding hydrogens is 206 g/mol. The number of nitrogens with one attached hydrogen (secondary N) is 1. The third-order valence-corrected chi connectivity index (χ3v) is 3.05. The van der Waals surface area contributed by atoms with Crippen LogP contribution in [0, 0.1) is 12.8 Å². The third-order valence-electron chi connectivity index (χ3n) is 3.05. The van der Waals surface area contributed by atoms with Crippen molar-refractivity contribution in [2.45, 2.75) is 32.2 Å². The van der Waals surface area contributed by atoms with Crippen molar-refractivity contribution < 1.29 is 9.90 Å². The van der Waals surface area contributed by atoms with Gasteiger partial charge >= 0.3 is 5.97 Å². The van der Waals surface area contributed by atoms with E-state index in [4.69, 9.17) is 5.11 Å². The van der Waals surface area contributed by atoms with Gasteiger partial charge in [-0.05, 0) is 19.8 Å². The number of rotatable bonds is 3. The molecule has 86 valence electrons. The highest BCUT2D eigenvalue weighted by molar-refractivity contribution is 5.72. The zero-order valence-corrected chi connectivity index (χ0v) is 9.18. The number of aromatic nitrogens is 2. The van der Waals surface area contributed by atoms with Crippen LogP contribution < -0.4 is 5.32 Å². The van der Waals surface area contributed by atoms with Crippen LogP contribution in [-0.2, 0) is 4.79 Å². The van der Waals surface area contributed by atoms with Crippen molar-refractivity contribution in [3.8, 4) is 0 Å². The van der Waals surface area contributed by atoms with Crippen molar-refractivity contribution >= 4 is 11.8 Å². The number of carboxylic acid groups (broad SMARTS) is 1. The topological polar surface area (TPSA) is 75.1 Å². The fourth-order valence-corrected chi connectivity index (χ4v) is 2.15. The molecule has 2 atom stereocenters. The van der Waals surface area contributed by atoms with E-state index in [-0.39, 0.29) is 12.0 Å². The quantitative estimate of drug-likeness (QED) is 0.808. The highest BCUT2D eigenvalue weighted by Crippen LogP contribution is 2.28. The minimum Gasteiger partial charge on any atom is -0.481 e. The molecule has 0 aliphatic heterocycles. The summed E-state index contributed by atoms with van der Waals surface area (Å²) in [7, 11) is 0. The van der Waals surface area contributed by atoms with Gasteiger partial charge in [-0.3, -0.25) is 4.79 Å². The number of carboxylic acids is 1. The SMILES string of the molecule is Cc1cncnc1N[C@@H]1CCC[C@@H]1C(=O)O. The van der Waals surface area contributed by atoms with E-state index in [0.29, 0.717) is 0 Å². The van der Waals surface area contributed by atoms with Crippen LogP contribution in [0.25, 0.3) is 0 Å². The maximum absolute atomic E-state index is 11.0. The Morgan fingerprint density at radius 2 is 2.38 bits per heavy atom. The van der Waals surface area contributed by atoms with Gasteiger partial charge in [-0.1, -0.05) is 6.42 Å². The fraction of sp³-hybridized carbons (Fsp3) is 0.545. The van der Waals surface area contributed by atoms with E-state index in [0.717, 1.165) is 30.6 Å². The monoisotopic (exact) mass is 221 g/mol. The first-order valence-electron chi connectivity index (χ1n) is 5.44. The predicted octanol–water partition coefficient (Wildman–Crippen LogP) is 1.45. The summed E-state index contributed by atoms with van der Waals surface area (Å²) >= 11 is 0. The molecular formula is C11H15N3O2. The van der Waals surface area contributed by atoms with Crippen LogP contribution in [0.5, 0.6) is 0 Å². The van der Waals surface area contributed by atoms with Crippen molar-refractivity contribution in [2.75, 3.05) is 5.32 Å². The van der Waals surface area contributed by atoms with Crippen LogP contribution >= 0.6 is 0 Å². The lowest BCUT2D eigenvalue weighted by molar-refractivity contribution is -0.141. The number of aliphatic carboxylic acids is 1. The van der Waals surface area contributed by atoms with E-state index in [1.54, 1.807) is 6.20 Å². The Morgan fingerprint density at radius 3 is 3.06 bits per heavy atom. The normalized spacial score (nSPS) is 24.3. The summed E-state index contributed by atoms with van der Waals surface area (Å²) in [5, 5.41) is 12.3. The van der Waals surface area contributed by atoms with Crippen molar-refractivity contribution in [3.63, 3.8) is 0 Å². The highest BCUT2D eigenvalue weighted by Gasteiger charge is 2.33. The highest BCUT2D eigenvalue weighted by atomic mass is 16.4. The predicted molar refractivity (Wildman–Crippen MR) is 59.2 cm³/mol. The molecule has 1 heterocycles. The summed E-state index contributed by atoms with van der Waals surface area (Å²) < 4.78 is 0. The molecule has 1 aromatic heterocycles. The van der Waals surface area contributed by atoms with Crippen LogP contribution in [0.1, 0.15) is 24.8 Å². The second-order valence-corrected chi connectivity index (χ2v) is 4.18. The Balaban J connectivity index is 2.10. The maximum Gasteiger partial charge on any atom is 0.308 e. The molecule has 0 amide bonds. The largest absolute Gasteiger partial charge is 0.481 e. The minimum atomic E-state index is -0.721. The number of nitrogens with zero attached hydrogens (tertiary/aromatic N) is 2. The summed E-state index contributed by atoms with van der Waals surface area (Å²) in [5.41, 5.74) is 0.943. The molecule has 5 nitrogen and oxygen atoms in total. The summed E-state index contributed by atoms with van der Waals surface area (Å²) in [6.07, 6.45) is 5.79. The van der Waals surface area contributed by atoms with Crippen molar-refractivity contribution in [1.29, 1.82) is 0 Å². The average Bonchev–Trinajstić information content (AvgIpc) is 2.69. The van der Waals surface area contributed by atoms with Crippen LogP contribution in [-0.4, -0.2) is 27.1 Å². The molecule has 5 heteroatoms. The first-order valence-corrected chi connectivity index (χ1v) is 5.44. The molecule has 2 N–H and O–H groups in total. The Labute approximate surface area is 93.9 Å². The molecule has 1 aromatic rings. The van der Waals surface area contributed by atoms with Gasteiger partial charge in [-0.15, -0.1) is 0 Å². The summed E-state index contributed by atoms with van der Waals surface area (Å²) in [6.45, 7) is 1.91. The van der Waals surface area contributed by atoms with Gasteiger partial charge in [-0.25, -0.2) is 9.97 Å². The molecule has 0 unspecified atom stereocenters. The molecule has 1 aliphatic rings. The standard InChI is InChI=1S/C11H15N3O2/c1-7-5-12-6-13-10(7)14-9-4-2-3-8(9)11(15)16/h5-6,8-9H,2-4H2,1H3,(H,15,16)(H,12,13,14)/t8-,9+/m0/s1. The van der Waals surface area contributed by atoms with Crippen molar-refractivity contribution in [2.24, 2.45) is 5.92 Å². The first kappa shape index (κ1) is 10.9. The average molecular weight is 221 g/mol. The van der Waals surface area contributed by atoms with Gasteiger partial charge in [0.05, 0.1) is 5.92 Å². The van der Waals surface area contributed by atoms with E-state index >= 15 is 0 Å². The molecule has 2 rings (SSSR count). The summed E-state index contributed by atoms with van der Waals surface area (Å²) in [5.74, 6) is -0.274. The lowest BCUT2D eigenvalue weighted by atomic mass is 10.0. The molecule has 16 heavy (non-hydrogen) atoms. The number of carbonyl (C=O) groups is 1. The molecule has 0 spiro atoms. The van der Waals surface area contributed by atoms with Gasteiger partial charge in [-0.2, -0.15) is 0 Å². The zero-order valence-electron chi connectivity index (χ0n) is 9.18. The Bertz CT molecular complexity index is 395. The van der Waals surface area contributed by atoms with E-state index in [2.05, 4.69) is 15.3 Å². The summed E-state index contributed by atoms with van der Waals surface area (Å²) in [4.78, 5) is 19.0. The fourth-order valence-electron chi connectivity index (χ4n) is 2.15. The number of anilines is 1. The number of hydrogen-bond donors (Lipinski definition) is 2. The molecule has 1 saturated carbocycles. The number of hydrogen-bond acceptors (Lipinski definition) is 4. The van der Waals surface area contributed by atoms with Gasteiger partial charge in [0.15, 0.2) is 0 Å². The van der Waals surface area contributed by atoms with E-state index in [1.807, 2.05) is 6.92 Å². The second kappa shape index (κ2) is 4.47. The van der Waals surface area contributed by atoms with Crippen LogP contribution in [0.4, 0.5) is 5.82 Å². The van der Waals surface area contributed by atoms with Gasteiger partial charge in [0, 0.05) is 17.8 Å². The third kappa shape index (κ3) is 2.13. The Hall–Kier alpha value is -1.65. The molecule has 0 saturated heterocycles. The van der Waals surface area contributed by atoms with Crippen LogP contribution in [0.3, 0.4) is 0 Å². The van der Waals surface area contributed by atoms with E-state index < -0.39 is 5.97 Å². The lowest BCUT2D eigenvalue weighted by Crippen LogP contribution is -2.30. The molecule has 1 fully saturated rings. The van der Waals surface area contributed by atoms with Gasteiger partial charge in [0.1, 0.15) is 12.1 Å². The minimum absolute atomic E-state index is 0.00824. The van der Waals surface area contributed by atoms with Gasteiger partial charge < -0.3 is 10.4 Å². The molecule has 0 aromatic carbocycles. The van der Waals surface area contributed by atoms with Gasteiger partial charge in [0.25, 0.3) is 0 Å². The first-order chi connectivity index (χ1) is 7.68. The molecule has 1 aliphatic carbocycles. The Kier molecular flexibility index (Phi) is 3.03. The van der Waals surface area contributed by atoms with E-state index in [9.17, 15) is 4.79 Å². The van der Waals surface area contributed by atoms with E-state index in [1.165, 1.54) is 6.33 Å². The van der Waals surface area contributed by atoms with Crippen molar-refractivity contribution in [3.05, 3.63) is 18.1 Å². The maximum atomic E-state index is 11.0. The Morgan fingerprint density at radius 1 is 1.56 bits per heavy atom. The van der Waals surface area contributed by atoms with Crippen LogP contribution in [0.2, 0.25) is 0 Å². The molecule has 0 radical (unpaired) electrons. The zero-order chi connectivity index (χ0) is 11.5. The lowest BCUT2D eigenvalue weighted by Gasteiger charge is -2.18. The number of aryl methyl sites for hydroxylation is 1. The van der Waals surface area contributed by atoms with Crippen molar-refractivity contribution in [1.82, 2.24) is 9.97 Å². The summed E-state index contributed by atoms with van der Waals surface area (Å²) in [6, 6.07) is -0.00824. The second-order valence-electron chi connectivity index (χ2n) is 4.18.